The number of rotatable bonds is 3. The van der Waals surface area contributed by atoms with Gasteiger partial charge in [0.05, 0.1) is 13.2 Å². The molecule has 0 amide bonds. The van der Waals surface area contributed by atoms with E-state index in [9.17, 15) is 0 Å². The van der Waals surface area contributed by atoms with E-state index in [2.05, 4.69) is 53.3 Å². The fourth-order valence-corrected chi connectivity index (χ4v) is 1.95. The molecule has 2 atom stereocenters. The van der Waals surface area contributed by atoms with Crippen LogP contribution in [0.4, 0.5) is 0 Å². The van der Waals surface area contributed by atoms with E-state index in [-0.39, 0.29) is 12.2 Å². The summed E-state index contributed by atoms with van der Waals surface area (Å²) < 4.78 is 10.1. The van der Waals surface area contributed by atoms with Gasteiger partial charge in [0.2, 0.25) is 0 Å². The molecule has 0 aromatic heterocycles. The third-order valence-electron chi connectivity index (χ3n) is 3.14. The second kappa shape index (κ2) is 6.51. The van der Waals surface area contributed by atoms with Crippen molar-refractivity contribution < 1.29 is 9.47 Å². The fourth-order valence-electron chi connectivity index (χ4n) is 1.95. The summed E-state index contributed by atoms with van der Waals surface area (Å²) in [5.74, 6) is 0. The van der Waals surface area contributed by atoms with Crippen molar-refractivity contribution in [2.24, 2.45) is 0 Å². The summed E-state index contributed by atoms with van der Waals surface area (Å²) in [7, 11) is 0. The van der Waals surface area contributed by atoms with E-state index in [0.717, 1.165) is 13.2 Å². The Bertz CT molecular complexity index is 543. The molecular formula is C18H18O2. The average Bonchev–Trinajstić information content (AvgIpc) is 3.42. The molecule has 2 aromatic carbocycles. The summed E-state index contributed by atoms with van der Waals surface area (Å²) in [6.45, 7) is 2.00. The number of benzene rings is 2. The van der Waals surface area contributed by atoms with Gasteiger partial charge in [0.15, 0.2) is 0 Å². The van der Waals surface area contributed by atoms with Crippen LogP contribution in [0.5, 0.6) is 0 Å². The lowest BCUT2D eigenvalue weighted by Crippen LogP contribution is -1.83. The molecule has 0 spiro atoms. The highest BCUT2D eigenvalue weighted by atomic mass is 16.6. The average molecular weight is 266 g/mol. The molecule has 2 aliphatic heterocycles. The summed E-state index contributed by atoms with van der Waals surface area (Å²) in [5.41, 5.74) is 2.48. The van der Waals surface area contributed by atoms with Crippen molar-refractivity contribution in [3.63, 3.8) is 0 Å². The Balaban J connectivity index is 0.000000358. The fraction of sp³-hybridized carbons (Fsp3) is 0.222. The molecule has 0 saturated carbocycles. The molecule has 0 aliphatic carbocycles. The lowest BCUT2D eigenvalue weighted by molar-refractivity contribution is 0.394. The first-order valence-electron chi connectivity index (χ1n) is 6.95. The molecule has 102 valence electrons. The second-order valence-electron chi connectivity index (χ2n) is 4.81. The van der Waals surface area contributed by atoms with Crippen LogP contribution in [0.2, 0.25) is 0 Å². The highest BCUT2D eigenvalue weighted by Gasteiger charge is 2.37. The Morgan fingerprint density at radius 3 is 2.05 bits per heavy atom. The largest absolute Gasteiger partial charge is 0.377 e. The van der Waals surface area contributed by atoms with Gasteiger partial charge in [0.1, 0.15) is 12.2 Å². The van der Waals surface area contributed by atoms with Crippen LogP contribution in [0.25, 0.3) is 6.08 Å². The molecule has 0 N–H and O–H groups in total. The van der Waals surface area contributed by atoms with E-state index in [0.29, 0.717) is 0 Å². The van der Waals surface area contributed by atoms with Crippen LogP contribution in [0.15, 0.2) is 66.7 Å². The van der Waals surface area contributed by atoms with Crippen LogP contribution in [-0.2, 0) is 9.47 Å². The van der Waals surface area contributed by atoms with Crippen molar-refractivity contribution in [1.82, 2.24) is 0 Å². The number of hydrogen-bond acceptors (Lipinski definition) is 2. The van der Waals surface area contributed by atoms with Gasteiger partial charge in [0, 0.05) is 0 Å². The first-order chi connectivity index (χ1) is 9.93. The molecule has 0 bridgehead atoms. The number of ether oxygens (including phenoxy) is 2. The highest BCUT2D eigenvalue weighted by molar-refractivity contribution is 5.50. The van der Waals surface area contributed by atoms with Gasteiger partial charge in [-0.3, -0.25) is 0 Å². The molecule has 2 nitrogen and oxygen atoms in total. The van der Waals surface area contributed by atoms with E-state index in [1.54, 1.807) is 0 Å². The van der Waals surface area contributed by atoms with Crippen LogP contribution in [0, 0.1) is 0 Å². The van der Waals surface area contributed by atoms with Crippen LogP contribution in [-0.4, -0.2) is 19.3 Å². The first kappa shape index (κ1) is 13.1. The minimum atomic E-state index is 0.234. The molecule has 2 saturated heterocycles. The van der Waals surface area contributed by atoms with Crippen molar-refractivity contribution in [3.05, 3.63) is 77.9 Å². The van der Waals surface area contributed by atoms with E-state index in [1.165, 1.54) is 11.1 Å². The topological polar surface area (TPSA) is 25.1 Å². The smallest absolute Gasteiger partial charge is 0.113 e. The lowest BCUT2D eigenvalue weighted by Gasteiger charge is -1.92. The van der Waals surface area contributed by atoms with E-state index in [4.69, 9.17) is 4.74 Å². The van der Waals surface area contributed by atoms with Gasteiger partial charge in [-0.25, -0.2) is 0 Å². The molecule has 2 aromatic rings. The summed E-state index contributed by atoms with van der Waals surface area (Å²) >= 11 is 0. The van der Waals surface area contributed by atoms with Gasteiger partial charge < -0.3 is 9.47 Å². The van der Waals surface area contributed by atoms with Crippen LogP contribution < -0.4 is 0 Å². The first-order valence-corrected chi connectivity index (χ1v) is 6.95. The van der Waals surface area contributed by atoms with E-state index in [1.807, 2.05) is 24.3 Å². The maximum atomic E-state index is 5.64. The molecule has 20 heavy (non-hydrogen) atoms. The second-order valence-corrected chi connectivity index (χ2v) is 4.81. The van der Waals surface area contributed by atoms with E-state index >= 15 is 0 Å². The molecule has 2 heteroatoms. The third-order valence-corrected chi connectivity index (χ3v) is 3.14. The van der Waals surface area contributed by atoms with Gasteiger partial charge in [-0.2, -0.15) is 0 Å². The molecule has 4 rings (SSSR count). The maximum absolute atomic E-state index is 5.64. The van der Waals surface area contributed by atoms with Gasteiger partial charge in [-0.05, 0) is 11.1 Å². The minimum absolute atomic E-state index is 0.234. The van der Waals surface area contributed by atoms with Crippen LogP contribution >= 0.6 is 0 Å². The number of hydrogen-bond donors (Lipinski definition) is 0. The van der Waals surface area contributed by atoms with Gasteiger partial charge in [-0.15, -0.1) is 0 Å². The maximum Gasteiger partial charge on any atom is 0.113 e. The summed E-state index contributed by atoms with van der Waals surface area (Å²) in [6.07, 6.45) is 4.73. The Labute approximate surface area is 119 Å². The lowest BCUT2D eigenvalue weighted by atomic mass is 10.1. The molecule has 2 fully saturated rings. The molecule has 2 aliphatic rings. The van der Waals surface area contributed by atoms with Crippen molar-refractivity contribution in [1.29, 1.82) is 0 Å². The zero-order valence-corrected chi connectivity index (χ0v) is 11.3. The SMILES string of the molecule is C(=CC1OC1c1ccccc1)c1ccccc1.C1CO1. The molecule has 2 unspecified atom stereocenters. The summed E-state index contributed by atoms with van der Waals surface area (Å²) in [5, 5.41) is 0. The highest BCUT2D eigenvalue weighted by Crippen LogP contribution is 2.39. The molecule has 0 radical (unpaired) electrons. The van der Waals surface area contributed by atoms with Crippen molar-refractivity contribution in [2.75, 3.05) is 13.2 Å². The monoisotopic (exact) mass is 266 g/mol. The Morgan fingerprint density at radius 2 is 1.45 bits per heavy atom. The predicted molar refractivity (Wildman–Crippen MR) is 80.4 cm³/mol. The Kier molecular flexibility index (Phi) is 4.26. The minimum Gasteiger partial charge on any atom is -0.377 e. The van der Waals surface area contributed by atoms with Crippen LogP contribution in [0.1, 0.15) is 17.2 Å². The molecular weight excluding hydrogens is 248 g/mol. The normalized spacial score (nSPS) is 23.0. The van der Waals surface area contributed by atoms with Gasteiger partial charge in [-0.1, -0.05) is 72.8 Å². The Morgan fingerprint density at radius 1 is 0.850 bits per heavy atom. The van der Waals surface area contributed by atoms with E-state index < -0.39 is 0 Å². The Hall–Kier alpha value is -1.90. The van der Waals surface area contributed by atoms with Gasteiger partial charge in [0.25, 0.3) is 0 Å². The van der Waals surface area contributed by atoms with Crippen molar-refractivity contribution >= 4 is 6.08 Å². The standard InChI is InChI=1S/C16H14O.C2H4O/c1-3-7-13(8-4-1)11-12-15-16(17-15)14-9-5-2-6-10-14;1-2-3-1/h1-12,15-16H;1-2H2. The van der Waals surface area contributed by atoms with Gasteiger partial charge >= 0.3 is 0 Å². The zero-order chi connectivity index (χ0) is 13.6. The number of epoxide rings is 2. The predicted octanol–water partition coefficient (Wildman–Crippen LogP) is 3.86. The third kappa shape index (κ3) is 4.05. The van der Waals surface area contributed by atoms with Crippen LogP contribution in [0.3, 0.4) is 0 Å². The zero-order valence-electron chi connectivity index (χ0n) is 11.3. The van der Waals surface area contributed by atoms with Crippen molar-refractivity contribution in [3.8, 4) is 0 Å². The van der Waals surface area contributed by atoms with Crippen molar-refractivity contribution in [2.45, 2.75) is 12.2 Å². The molecule has 2 heterocycles. The quantitative estimate of drug-likeness (QED) is 0.788. The summed E-state index contributed by atoms with van der Waals surface area (Å²) in [4.78, 5) is 0. The summed E-state index contributed by atoms with van der Waals surface area (Å²) in [6, 6.07) is 20.7.